The highest BCUT2D eigenvalue weighted by molar-refractivity contribution is 6.00. The van der Waals surface area contributed by atoms with Gasteiger partial charge in [0.25, 0.3) is 0 Å². The van der Waals surface area contributed by atoms with Gasteiger partial charge in [0.05, 0.1) is 5.41 Å². The van der Waals surface area contributed by atoms with Gasteiger partial charge in [0.15, 0.2) is 0 Å². The number of aromatic amines is 1. The number of para-hydroxylation sites is 1. The fourth-order valence-electron chi connectivity index (χ4n) is 7.88. The molecule has 0 aliphatic carbocycles. The molecule has 2 aromatic carbocycles. The Morgan fingerprint density at radius 3 is 2.65 bits per heavy atom. The molecule has 4 N–H and O–H groups in total. The molecule has 4 amide bonds. The second-order valence-electron chi connectivity index (χ2n) is 11.8. The Kier molecular flexibility index (Phi) is 4.76. The Hall–Kier alpha value is -4.34. The van der Waals surface area contributed by atoms with E-state index in [4.69, 9.17) is 0 Å². The minimum Gasteiger partial charge on any atom is -0.364 e. The summed E-state index contributed by atoms with van der Waals surface area (Å²) < 4.78 is 0. The Morgan fingerprint density at radius 1 is 0.950 bits per heavy atom. The summed E-state index contributed by atoms with van der Waals surface area (Å²) in [5.74, 6) is -0.280. The molecule has 3 aromatic rings. The Labute approximate surface area is 230 Å². The maximum atomic E-state index is 13.3. The molecule has 5 aliphatic rings. The largest absolute Gasteiger partial charge is 0.364 e. The SMILES string of the molecule is C[C@@H]1NC(=O)[C@@H]2C[C@]3(c4ccc5c(C[C@@H]6NC(=O)[C@@H]7CCCN7C6=O)c[nH]c5c4)c4ccccc4N[C@@H]3N2C1=O. The summed E-state index contributed by atoms with van der Waals surface area (Å²) in [6.07, 6.45) is 4.00. The van der Waals surface area contributed by atoms with Crippen LogP contribution < -0.4 is 16.0 Å². The number of hydrogen-bond donors (Lipinski definition) is 4. The van der Waals surface area contributed by atoms with Gasteiger partial charge < -0.3 is 30.7 Å². The highest BCUT2D eigenvalue weighted by Crippen LogP contribution is 2.55. The van der Waals surface area contributed by atoms with Crippen molar-refractivity contribution in [3.63, 3.8) is 0 Å². The Balaban J connectivity index is 1.18. The van der Waals surface area contributed by atoms with Crippen LogP contribution >= 0.6 is 0 Å². The molecule has 0 bridgehead atoms. The number of amides is 4. The second-order valence-corrected chi connectivity index (χ2v) is 11.8. The second kappa shape index (κ2) is 8.09. The van der Waals surface area contributed by atoms with Crippen LogP contribution in [0.5, 0.6) is 0 Å². The van der Waals surface area contributed by atoms with Crippen molar-refractivity contribution in [2.45, 2.75) is 68.4 Å². The van der Waals surface area contributed by atoms with Gasteiger partial charge in [-0.3, -0.25) is 19.2 Å². The highest BCUT2D eigenvalue weighted by atomic mass is 16.2. The summed E-state index contributed by atoms with van der Waals surface area (Å²) >= 11 is 0. The minimum atomic E-state index is -0.601. The molecule has 40 heavy (non-hydrogen) atoms. The monoisotopic (exact) mass is 538 g/mol. The fourth-order valence-corrected chi connectivity index (χ4v) is 7.88. The van der Waals surface area contributed by atoms with Gasteiger partial charge in [0.2, 0.25) is 23.6 Å². The van der Waals surface area contributed by atoms with E-state index >= 15 is 0 Å². The molecule has 5 aliphatic heterocycles. The van der Waals surface area contributed by atoms with Crippen molar-refractivity contribution in [1.82, 2.24) is 25.4 Å². The van der Waals surface area contributed by atoms with Crippen LogP contribution in [0.15, 0.2) is 48.7 Å². The van der Waals surface area contributed by atoms with Crippen molar-refractivity contribution in [2.75, 3.05) is 11.9 Å². The number of carbonyl (C=O) groups is 4. The topological polar surface area (TPSA) is 127 Å². The molecule has 204 valence electrons. The third kappa shape index (κ3) is 2.99. The van der Waals surface area contributed by atoms with Crippen molar-refractivity contribution in [3.05, 3.63) is 65.4 Å². The number of nitrogens with zero attached hydrogens (tertiary/aromatic N) is 2. The summed E-state index contributed by atoms with van der Waals surface area (Å²) in [4.78, 5) is 59.0. The van der Waals surface area contributed by atoms with Crippen molar-refractivity contribution < 1.29 is 19.2 Å². The number of hydrogen-bond acceptors (Lipinski definition) is 5. The van der Waals surface area contributed by atoms with E-state index in [0.717, 1.165) is 46.1 Å². The number of anilines is 1. The number of nitrogens with one attached hydrogen (secondary N) is 4. The lowest BCUT2D eigenvalue weighted by Crippen LogP contribution is -2.63. The molecule has 0 radical (unpaired) electrons. The number of piperazine rings is 2. The van der Waals surface area contributed by atoms with Gasteiger partial charge in [-0.25, -0.2) is 0 Å². The molecule has 10 nitrogen and oxygen atoms in total. The van der Waals surface area contributed by atoms with E-state index in [1.54, 1.807) is 16.7 Å². The molecular weight excluding hydrogens is 508 g/mol. The van der Waals surface area contributed by atoms with Crippen molar-refractivity contribution in [1.29, 1.82) is 0 Å². The number of aromatic nitrogens is 1. The first-order valence-electron chi connectivity index (χ1n) is 14.1. The van der Waals surface area contributed by atoms with Crippen LogP contribution in [0.3, 0.4) is 0 Å². The van der Waals surface area contributed by atoms with E-state index in [9.17, 15) is 19.2 Å². The zero-order valence-electron chi connectivity index (χ0n) is 22.1. The van der Waals surface area contributed by atoms with Crippen molar-refractivity contribution in [3.8, 4) is 0 Å². The molecule has 0 saturated carbocycles. The summed E-state index contributed by atoms with van der Waals surface area (Å²) in [6, 6.07) is 12.3. The molecular formula is C30H30N6O4. The predicted molar refractivity (Wildman–Crippen MR) is 146 cm³/mol. The van der Waals surface area contributed by atoms with Crippen LogP contribution in [0.2, 0.25) is 0 Å². The van der Waals surface area contributed by atoms with E-state index in [1.807, 2.05) is 24.4 Å². The van der Waals surface area contributed by atoms with Gasteiger partial charge in [-0.15, -0.1) is 0 Å². The smallest absolute Gasteiger partial charge is 0.247 e. The van der Waals surface area contributed by atoms with E-state index in [1.165, 1.54) is 0 Å². The van der Waals surface area contributed by atoms with Gasteiger partial charge in [0, 0.05) is 35.8 Å². The van der Waals surface area contributed by atoms with Gasteiger partial charge in [-0.2, -0.15) is 0 Å². The average molecular weight is 539 g/mol. The lowest BCUT2D eigenvalue weighted by Gasteiger charge is -2.37. The quantitative estimate of drug-likeness (QED) is 0.401. The highest BCUT2D eigenvalue weighted by Gasteiger charge is 2.63. The number of fused-ring (bicyclic) bond motifs is 7. The molecule has 4 fully saturated rings. The first-order chi connectivity index (χ1) is 19.4. The first kappa shape index (κ1) is 23.5. The number of rotatable bonds is 3. The maximum Gasteiger partial charge on any atom is 0.247 e. The molecule has 6 heterocycles. The van der Waals surface area contributed by atoms with Crippen molar-refractivity contribution >= 4 is 40.2 Å². The Morgan fingerprint density at radius 2 is 1.77 bits per heavy atom. The van der Waals surface area contributed by atoms with Crippen LogP contribution in [0, 0.1) is 0 Å². The fraction of sp³-hybridized carbons (Fsp3) is 0.400. The lowest BCUT2D eigenvalue weighted by molar-refractivity contribution is -0.148. The molecule has 0 spiro atoms. The first-order valence-corrected chi connectivity index (χ1v) is 14.1. The summed E-state index contributed by atoms with van der Waals surface area (Å²) in [6.45, 7) is 2.37. The molecule has 8 rings (SSSR count). The van der Waals surface area contributed by atoms with E-state index < -0.39 is 23.5 Å². The van der Waals surface area contributed by atoms with Crippen LogP contribution in [0.4, 0.5) is 5.69 Å². The average Bonchev–Trinajstić information content (AvgIpc) is 3.72. The zero-order valence-corrected chi connectivity index (χ0v) is 22.1. The zero-order chi connectivity index (χ0) is 27.3. The van der Waals surface area contributed by atoms with Gasteiger partial charge in [0.1, 0.15) is 30.3 Å². The van der Waals surface area contributed by atoms with Gasteiger partial charge in [-0.05, 0) is 55.0 Å². The summed E-state index contributed by atoms with van der Waals surface area (Å²) in [5, 5.41) is 10.4. The number of benzene rings is 2. The standard InChI is InChI=1S/C30H30N6O4/c1-15-27(39)36-24(26(38)32-15)13-30(19-5-2-3-6-20(19)34-29(30)36)17-8-9-18-16(14-31-21(18)12-17)11-22-28(40)35-10-4-7-23(35)25(37)33-22/h2-3,5-6,8-9,12,14-15,22-24,29,31,34H,4,7,10-11,13H2,1H3,(H,32,38)(H,33,37)/t15-,22-,23-,24-,29+,30-/m0/s1. The van der Waals surface area contributed by atoms with Crippen LogP contribution in [-0.4, -0.2) is 75.3 Å². The molecule has 1 aromatic heterocycles. The third-order valence-corrected chi connectivity index (χ3v) is 9.74. The summed E-state index contributed by atoms with van der Waals surface area (Å²) in [7, 11) is 0. The maximum absolute atomic E-state index is 13.3. The third-order valence-electron chi connectivity index (χ3n) is 9.74. The van der Waals surface area contributed by atoms with Crippen LogP contribution in [0.25, 0.3) is 10.9 Å². The molecule has 6 atom stereocenters. The molecule has 0 unspecified atom stereocenters. The number of H-pyrrole nitrogens is 1. The van der Waals surface area contributed by atoms with Crippen LogP contribution in [0.1, 0.15) is 42.9 Å². The normalized spacial score (nSPS) is 32.4. The Bertz CT molecular complexity index is 1630. The predicted octanol–water partition coefficient (Wildman–Crippen LogP) is 1.36. The lowest BCUT2D eigenvalue weighted by atomic mass is 9.72. The molecule has 10 heteroatoms. The van der Waals surface area contributed by atoms with E-state index in [-0.39, 0.29) is 35.8 Å². The van der Waals surface area contributed by atoms with Gasteiger partial charge in [-0.1, -0.05) is 30.3 Å². The van der Waals surface area contributed by atoms with E-state index in [2.05, 4.69) is 45.2 Å². The number of carbonyl (C=O) groups excluding carboxylic acids is 4. The van der Waals surface area contributed by atoms with Gasteiger partial charge >= 0.3 is 0 Å². The van der Waals surface area contributed by atoms with E-state index in [0.29, 0.717) is 19.4 Å². The van der Waals surface area contributed by atoms with Crippen molar-refractivity contribution in [2.24, 2.45) is 0 Å². The minimum absolute atomic E-state index is 0.0109. The summed E-state index contributed by atoms with van der Waals surface area (Å²) in [5.41, 5.74) is 4.33. The molecule has 4 saturated heterocycles. The van der Waals surface area contributed by atoms with Crippen LogP contribution in [-0.2, 0) is 31.0 Å².